The molecule has 2 atom stereocenters. The molecule has 1 amide bonds. The van der Waals surface area contributed by atoms with Gasteiger partial charge in [0.15, 0.2) is 0 Å². The molecule has 20 heavy (non-hydrogen) atoms. The molecule has 1 aliphatic rings. The monoisotopic (exact) mass is 290 g/mol. The molecule has 5 nitrogen and oxygen atoms in total. The molecule has 1 aliphatic carbocycles. The summed E-state index contributed by atoms with van der Waals surface area (Å²) in [4.78, 5) is 26.9. The van der Waals surface area contributed by atoms with E-state index in [1.54, 1.807) is 11.3 Å². The normalized spacial score (nSPS) is 20.8. The third-order valence-electron chi connectivity index (χ3n) is 3.42. The van der Waals surface area contributed by atoms with Crippen LogP contribution in [0.3, 0.4) is 0 Å². The molecule has 2 unspecified atom stereocenters. The number of para-hydroxylation sites is 1. The van der Waals surface area contributed by atoms with Crippen molar-refractivity contribution in [3.05, 3.63) is 29.3 Å². The van der Waals surface area contributed by atoms with Crippen molar-refractivity contribution in [1.82, 2.24) is 10.3 Å². The average Bonchev–Trinajstić information content (AvgIpc) is 3.13. The first-order valence-electron chi connectivity index (χ1n) is 6.50. The highest BCUT2D eigenvalue weighted by molar-refractivity contribution is 7.18. The van der Waals surface area contributed by atoms with E-state index >= 15 is 0 Å². The number of rotatable bonds is 5. The molecular formula is C14H14N2O3S. The fourth-order valence-electron chi connectivity index (χ4n) is 2.21. The predicted molar refractivity (Wildman–Crippen MR) is 75.6 cm³/mol. The van der Waals surface area contributed by atoms with Gasteiger partial charge >= 0.3 is 5.97 Å². The van der Waals surface area contributed by atoms with Crippen LogP contribution in [0.1, 0.15) is 11.4 Å². The Morgan fingerprint density at radius 2 is 2.15 bits per heavy atom. The summed E-state index contributed by atoms with van der Waals surface area (Å²) in [6.45, 7) is 0.501. The number of carboxylic acids is 1. The number of nitrogens with one attached hydrogen (secondary N) is 1. The number of nitrogens with zero attached hydrogens (tertiary/aromatic N) is 1. The molecule has 1 aromatic heterocycles. The minimum atomic E-state index is -0.878. The summed E-state index contributed by atoms with van der Waals surface area (Å²) < 4.78 is 1.14. The minimum Gasteiger partial charge on any atom is -0.481 e. The molecule has 1 fully saturated rings. The zero-order valence-electron chi connectivity index (χ0n) is 10.7. The second kappa shape index (κ2) is 5.20. The molecule has 0 bridgehead atoms. The van der Waals surface area contributed by atoms with Crippen molar-refractivity contribution in [1.29, 1.82) is 0 Å². The number of benzene rings is 1. The van der Waals surface area contributed by atoms with Gasteiger partial charge in [-0.05, 0) is 18.6 Å². The number of hydrogen-bond donors (Lipinski definition) is 2. The summed E-state index contributed by atoms with van der Waals surface area (Å²) >= 11 is 1.62. The van der Waals surface area contributed by atoms with Gasteiger partial charge in [0.2, 0.25) is 5.91 Å². The second-order valence-corrected chi connectivity index (χ2v) is 6.02. The zero-order chi connectivity index (χ0) is 14.1. The summed E-state index contributed by atoms with van der Waals surface area (Å²) in [5.41, 5.74) is 0.979. The number of thiazole rings is 1. The number of hydrogen-bond acceptors (Lipinski definition) is 4. The van der Waals surface area contributed by atoms with Crippen LogP contribution in [0.2, 0.25) is 0 Å². The van der Waals surface area contributed by atoms with Crippen LogP contribution < -0.4 is 5.32 Å². The highest BCUT2D eigenvalue weighted by Crippen LogP contribution is 2.38. The lowest BCUT2D eigenvalue weighted by atomic mass is 10.3. The average molecular weight is 290 g/mol. The summed E-state index contributed by atoms with van der Waals surface area (Å²) in [5, 5.41) is 12.5. The maximum atomic E-state index is 11.7. The van der Waals surface area contributed by atoms with Crippen molar-refractivity contribution in [2.24, 2.45) is 11.8 Å². The number of aromatic nitrogens is 1. The van der Waals surface area contributed by atoms with E-state index in [0.29, 0.717) is 19.4 Å². The van der Waals surface area contributed by atoms with E-state index in [9.17, 15) is 9.59 Å². The maximum Gasteiger partial charge on any atom is 0.307 e. The van der Waals surface area contributed by atoms with Crippen LogP contribution in [-0.2, 0) is 16.0 Å². The van der Waals surface area contributed by atoms with E-state index in [4.69, 9.17) is 5.11 Å². The summed E-state index contributed by atoms with van der Waals surface area (Å²) in [5.74, 6) is -1.87. The number of carbonyl (C=O) groups is 2. The van der Waals surface area contributed by atoms with Crippen molar-refractivity contribution in [2.75, 3.05) is 6.54 Å². The largest absolute Gasteiger partial charge is 0.481 e. The SMILES string of the molecule is O=C(O)C1CC1C(=O)NCCc1nc2ccccc2s1. The highest BCUT2D eigenvalue weighted by Gasteiger charge is 2.48. The number of carbonyl (C=O) groups excluding carboxylic acids is 1. The van der Waals surface area contributed by atoms with Crippen molar-refractivity contribution < 1.29 is 14.7 Å². The summed E-state index contributed by atoms with van der Waals surface area (Å²) in [6.07, 6.45) is 1.14. The number of fused-ring (bicyclic) bond motifs is 1. The van der Waals surface area contributed by atoms with Gasteiger partial charge in [0.1, 0.15) is 0 Å². The van der Waals surface area contributed by atoms with E-state index in [0.717, 1.165) is 15.2 Å². The van der Waals surface area contributed by atoms with E-state index in [1.807, 2.05) is 24.3 Å². The standard InChI is InChI=1S/C14H14N2O3S/c17-13(8-7-9(8)14(18)19)15-6-5-12-16-10-3-1-2-4-11(10)20-12/h1-4,8-9H,5-7H2,(H,15,17)(H,18,19). The van der Waals surface area contributed by atoms with Gasteiger partial charge in [0.25, 0.3) is 0 Å². The third kappa shape index (κ3) is 2.65. The van der Waals surface area contributed by atoms with Gasteiger partial charge < -0.3 is 10.4 Å². The first-order chi connectivity index (χ1) is 9.65. The van der Waals surface area contributed by atoms with Crippen LogP contribution in [-0.4, -0.2) is 28.5 Å². The van der Waals surface area contributed by atoms with Crippen molar-refractivity contribution >= 4 is 33.4 Å². The summed E-state index contributed by atoms with van der Waals surface area (Å²) in [7, 11) is 0. The quantitative estimate of drug-likeness (QED) is 0.878. The van der Waals surface area contributed by atoms with Crippen LogP contribution >= 0.6 is 11.3 Å². The first-order valence-corrected chi connectivity index (χ1v) is 7.32. The molecule has 104 valence electrons. The van der Waals surface area contributed by atoms with Gasteiger partial charge in [0.05, 0.1) is 27.1 Å². The molecule has 1 aromatic carbocycles. The lowest BCUT2D eigenvalue weighted by Gasteiger charge is -2.02. The topological polar surface area (TPSA) is 79.3 Å². The van der Waals surface area contributed by atoms with Gasteiger partial charge in [-0.1, -0.05) is 12.1 Å². The molecule has 3 rings (SSSR count). The zero-order valence-corrected chi connectivity index (χ0v) is 11.5. The van der Waals surface area contributed by atoms with E-state index < -0.39 is 11.9 Å². The number of carboxylic acid groups (broad SMARTS) is 1. The molecule has 2 N–H and O–H groups in total. The minimum absolute atomic E-state index is 0.154. The van der Waals surface area contributed by atoms with E-state index in [-0.39, 0.29) is 11.8 Å². The second-order valence-electron chi connectivity index (χ2n) is 4.90. The van der Waals surface area contributed by atoms with Crippen molar-refractivity contribution in [3.63, 3.8) is 0 Å². The Balaban J connectivity index is 1.50. The van der Waals surface area contributed by atoms with Crippen LogP contribution in [0.15, 0.2) is 24.3 Å². The Bertz CT molecular complexity index is 634. The van der Waals surface area contributed by atoms with E-state index in [1.165, 1.54) is 0 Å². The molecule has 0 radical (unpaired) electrons. The molecule has 0 spiro atoms. The Morgan fingerprint density at radius 1 is 1.35 bits per heavy atom. The van der Waals surface area contributed by atoms with Gasteiger partial charge in [0, 0.05) is 13.0 Å². The van der Waals surface area contributed by atoms with Gasteiger partial charge in [-0.3, -0.25) is 9.59 Å². The van der Waals surface area contributed by atoms with Crippen molar-refractivity contribution in [3.8, 4) is 0 Å². The number of aliphatic carboxylic acids is 1. The van der Waals surface area contributed by atoms with E-state index in [2.05, 4.69) is 10.3 Å². The van der Waals surface area contributed by atoms with Gasteiger partial charge in [-0.25, -0.2) is 4.98 Å². The first kappa shape index (κ1) is 13.1. The van der Waals surface area contributed by atoms with Crippen LogP contribution in [0, 0.1) is 11.8 Å². The summed E-state index contributed by atoms with van der Waals surface area (Å²) in [6, 6.07) is 7.92. The molecule has 0 saturated heterocycles. The fraction of sp³-hybridized carbons (Fsp3) is 0.357. The molecule has 2 aromatic rings. The fourth-order valence-corrected chi connectivity index (χ4v) is 3.18. The van der Waals surface area contributed by atoms with Crippen LogP contribution in [0.4, 0.5) is 0 Å². The van der Waals surface area contributed by atoms with Gasteiger partial charge in [-0.15, -0.1) is 11.3 Å². The Hall–Kier alpha value is -1.95. The Kier molecular flexibility index (Phi) is 3.40. The Morgan fingerprint density at radius 3 is 2.85 bits per heavy atom. The molecule has 0 aliphatic heterocycles. The van der Waals surface area contributed by atoms with Gasteiger partial charge in [-0.2, -0.15) is 0 Å². The maximum absolute atomic E-state index is 11.7. The molecule has 1 saturated carbocycles. The Labute approximate surface area is 119 Å². The van der Waals surface area contributed by atoms with Crippen molar-refractivity contribution in [2.45, 2.75) is 12.8 Å². The lowest BCUT2D eigenvalue weighted by molar-refractivity contribution is -0.140. The van der Waals surface area contributed by atoms with Crippen LogP contribution in [0.5, 0.6) is 0 Å². The molecule has 1 heterocycles. The third-order valence-corrected chi connectivity index (χ3v) is 4.52. The lowest BCUT2D eigenvalue weighted by Crippen LogP contribution is -2.28. The molecular weight excluding hydrogens is 276 g/mol. The molecule has 6 heteroatoms. The smallest absolute Gasteiger partial charge is 0.307 e. The highest BCUT2D eigenvalue weighted by atomic mass is 32.1. The number of amides is 1. The predicted octanol–water partition coefficient (Wildman–Crippen LogP) is 1.68. The van der Waals surface area contributed by atoms with Crippen LogP contribution in [0.25, 0.3) is 10.2 Å².